The molecule has 0 spiro atoms. The van der Waals surface area contributed by atoms with Gasteiger partial charge in [-0.05, 0) is 18.9 Å². The number of benzene rings is 1. The van der Waals surface area contributed by atoms with Crippen LogP contribution in [-0.2, 0) is 4.74 Å². The molecule has 1 aromatic rings. The van der Waals surface area contributed by atoms with Gasteiger partial charge in [0.25, 0.3) is 0 Å². The minimum atomic E-state index is -0.0892. The molecule has 3 heteroatoms. The van der Waals surface area contributed by atoms with Crippen molar-refractivity contribution in [3.63, 3.8) is 0 Å². The van der Waals surface area contributed by atoms with Crippen molar-refractivity contribution in [3.8, 4) is 6.07 Å². The fourth-order valence-corrected chi connectivity index (χ4v) is 2.08. The zero-order chi connectivity index (χ0) is 12.1. The zero-order valence-electron chi connectivity index (χ0n) is 10.1. The molecule has 0 radical (unpaired) electrons. The van der Waals surface area contributed by atoms with Crippen molar-refractivity contribution in [2.24, 2.45) is 0 Å². The molecule has 2 rings (SSSR count). The Labute approximate surface area is 102 Å². The standard InChI is InChI=1S/C14H18N2O/c1-14(7-8-17-11-14)16-10-13(9-15)12-5-3-2-4-6-12/h2-6,13,16H,7-8,10-11H2,1H3. The van der Waals surface area contributed by atoms with Gasteiger partial charge in [-0.3, -0.25) is 0 Å². The molecule has 1 N–H and O–H groups in total. The smallest absolute Gasteiger partial charge is 0.0837 e. The molecule has 0 aliphatic carbocycles. The van der Waals surface area contributed by atoms with Gasteiger partial charge in [-0.25, -0.2) is 0 Å². The van der Waals surface area contributed by atoms with E-state index in [-0.39, 0.29) is 11.5 Å². The molecular weight excluding hydrogens is 212 g/mol. The van der Waals surface area contributed by atoms with Crippen molar-refractivity contribution in [1.82, 2.24) is 5.32 Å². The predicted molar refractivity (Wildman–Crippen MR) is 66.6 cm³/mol. The van der Waals surface area contributed by atoms with Gasteiger partial charge in [-0.15, -0.1) is 0 Å². The Kier molecular flexibility index (Phi) is 3.78. The minimum Gasteiger partial charge on any atom is -0.379 e. The summed E-state index contributed by atoms with van der Waals surface area (Å²) in [5.74, 6) is -0.0892. The van der Waals surface area contributed by atoms with Crippen molar-refractivity contribution in [2.75, 3.05) is 19.8 Å². The Morgan fingerprint density at radius 1 is 1.47 bits per heavy atom. The van der Waals surface area contributed by atoms with E-state index < -0.39 is 0 Å². The van der Waals surface area contributed by atoms with Crippen LogP contribution in [0, 0.1) is 11.3 Å². The first-order chi connectivity index (χ1) is 8.23. The van der Waals surface area contributed by atoms with Gasteiger partial charge < -0.3 is 10.1 Å². The second-order valence-electron chi connectivity index (χ2n) is 4.84. The minimum absolute atomic E-state index is 0.0316. The summed E-state index contributed by atoms with van der Waals surface area (Å²) in [5.41, 5.74) is 1.11. The summed E-state index contributed by atoms with van der Waals surface area (Å²) >= 11 is 0. The molecule has 2 atom stereocenters. The molecule has 1 aromatic carbocycles. The number of nitrogens with one attached hydrogen (secondary N) is 1. The third-order valence-electron chi connectivity index (χ3n) is 3.31. The number of rotatable bonds is 4. The van der Waals surface area contributed by atoms with E-state index in [0.717, 1.165) is 25.2 Å². The van der Waals surface area contributed by atoms with Crippen molar-refractivity contribution < 1.29 is 4.74 Å². The summed E-state index contributed by atoms with van der Waals surface area (Å²) in [6, 6.07) is 12.3. The van der Waals surface area contributed by atoms with Crippen LogP contribution in [0.15, 0.2) is 30.3 Å². The Balaban J connectivity index is 1.95. The number of nitriles is 1. The highest BCUT2D eigenvalue weighted by Gasteiger charge is 2.29. The van der Waals surface area contributed by atoms with Gasteiger partial charge in [0.2, 0.25) is 0 Å². The molecule has 1 aliphatic heterocycles. The molecule has 3 nitrogen and oxygen atoms in total. The van der Waals surface area contributed by atoms with E-state index >= 15 is 0 Å². The first-order valence-electron chi connectivity index (χ1n) is 6.01. The maximum atomic E-state index is 9.22. The molecule has 0 bridgehead atoms. The maximum Gasteiger partial charge on any atom is 0.0837 e. The van der Waals surface area contributed by atoms with E-state index in [9.17, 15) is 5.26 Å². The summed E-state index contributed by atoms with van der Waals surface area (Å²) in [5, 5.41) is 12.7. The van der Waals surface area contributed by atoms with Crippen LogP contribution in [0.3, 0.4) is 0 Å². The highest BCUT2D eigenvalue weighted by atomic mass is 16.5. The predicted octanol–water partition coefficient (Wildman–Crippen LogP) is 2.06. The molecule has 1 fully saturated rings. The number of hydrogen-bond acceptors (Lipinski definition) is 3. The Morgan fingerprint density at radius 3 is 2.82 bits per heavy atom. The molecule has 90 valence electrons. The lowest BCUT2D eigenvalue weighted by Crippen LogP contribution is -2.44. The van der Waals surface area contributed by atoms with Gasteiger partial charge in [-0.1, -0.05) is 30.3 Å². The van der Waals surface area contributed by atoms with Crippen LogP contribution >= 0.6 is 0 Å². The molecule has 2 unspecified atom stereocenters. The van der Waals surface area contributed by atoms with Gasteiger partial charge >= 0.3 is 0 Å². The topological polar surface area (TPSA) is 45.0 Å². The van der Waals surface area contributed by atoms with Crippen molar-refractivity contribution in [3.05, 3.63) is 35.9 Å². The van der Waals surface area contributed by atoms with Crippen LogP contribution in [0.5, 0.6) is 0 Å². The largest absolute Gasteiger partial charge is 0.379 e. The van der Waals surface area contributed by atoms with Crippen LogP contribution < -0.4 is 5.32 Å². The molecular formula is C14H18N2O. The molecule has 0 saturated carbocycles. The monoisotopic (exact) mass is 230 g/mol. The number of hydrogen-bond donors (Lipinski definition) is 1. The Hall–Kier alpha value is -1.37. The molecule has 1 heterocycles. The highest BCUT2D eigenvalue weighted by Crippen LogP contribution is 2.20. The lowest BCUT2D eigenvalue weighted by molar-refractivity contribution is 0.171. The fraction of sp³-hybridized carbons (Fsp3) is 0.500. The van der Waals surface area contributed by atoms with E-state index in [1.54, 1.807) is 0 Å². The quantitative estimate of drug-likeness (QED) is 0.861. The number of nitrogens with zero attached hydrogens (tertiary/aromatic N) is 1. The normalized spacial score (nSPS) is 25.4. The summed E-state index contributed by atoms with van der Waals surface area (Å²) < 4.78 is 5.39. The van der Waals surface area contributed by atoms with Gasteiger partial charge in [0.15, 0.2) is 0 Å². The van der Waals surface area contributed by atoms with Crippen LogP contribution in [0.2, 0.25) is 0 Å². The average Bonchev–Trinajstić information content (AvgIpc) is 2.79. The molecule has 1 saturated heterocycles. The lowest BCUT2D eigenvalue weighted by Gasteiger charge is -2.25. The number of ether oxygens (including phenoxy) is 1. The second kappa shape index (κ2) is 5.31. The summed E-state index contributed by atoms with van der Waals surface area (Å²) in [6.07, 6.45) is 1.01. The molecule has 1 aliphatic rings. The second-order valence-corrected chi connectivity index (χ2v) is 4.84. The summed E-state index contributed by atoms with van der Waals surface area (Å²) in [7, 11) is 0. The maximum absolute atomic E-state index is 9.22. The molecule has 17 heavy (non-hydrogen) atoms. The van der Waals surface area contributed by atoms with Crippen molar-refractivity contribution in [1.29, 1.82) is 5.26 Å². The van der Waals surface area contributed by atoms with E-state index in [4.69, 9.17) is 4.74 Å². The van der Waals surface area contributed by atoms with Crippen molar-refractivity contribution >= 4 is 0 Å². The van der Waals surface area contributed by atoms with Crippen LogP contribution in [0.1, 0.15) is 24.8 Å². The third kappa shape index (κ3) is 3.06. The van der Waals surface area contributed by atoms with E-state index in [1.165, 1.54) is 0 Å². The zero-order valence-corrected chi connectivity index (χ0v) is 10.1. The fourth-order valence-electron chi connectivity index (χ4n) is 2.08. The molecule has 0 aromatic heterocycles. The van der Waals surface area contributed by atoms with Gasteiger partial charge in [-0.2, -0.15) is 5.26 Å². The third-order valence-corrected chi connectivity index (χ3v) is 3.31. The van der Waals surface area contributed by atoms with Gasteiger partial charge in [0.1, 0.15) is 0 Å². The average molecular weight is 230 g/mol. The lowest BCUT2D eigenvalue weighted by atomic mass is 9.97. The summed E-state index contributed by atoms with van der Waals surface area (Å²) in [4.78, 5) is 0. The van der Waals surface area contributed by atoms with E-state index in [1.807, 2.05) is 30.3 Å². The van der Waals surface area contributed by atoms with E-state index in [2.05, 4.69) is 18.3 Å². The van der Waals surface area contributed by atoms with Crippen LogP contribution in [0.25, 0.3) is 0 Å². The van der Waals surface area contributed by atoms with Crippen LogP contribution in [0.4, 0.5) is 0 Å². The Morgan fingerprint density at radius 2 is 2.24 bits per heavy atom. The van der Waals surface area contributed by atoms with Gasteiger partial charge in [0.05, 0.1) is 18.6 Å². The highest BCUT2D eigenvalue weighted by molar-refractivity contribution is 5.25. The van der Waals surface area contributed by atoms with E-state index in [0.29, 0.717) is 6.54 Å². The molecule has 0 amide bonds. The first kappa shape index (κ1) is 12.1. The first-order valence-corrected chi connectivity index (χ1v) is 6.01. The van der Waals surface area contributed by atoms with Crippen LogP contribution in [-0.4, -0.2) is 25.3 Å². The summed E-state index contributed by atoms with van der Waals surface area (Å²) in [6.45, 7) is 4.38. The van der Waals surface area contributed by atoms with Gasteiger partial charge in [0, 0.05) is 18.7 Å². The SMILES string of the molecule is CC1(NCC(C#N)c2ccccc2)CCOC1. The van der Waals surface area contributed by atoms with Crippen molar-refractivity contribution in [2.45, 2.75) is 24.8 Å². The Bertz CT molecular complexity index is 390.